The molecule has 5 heteroatoms. The molecule has 0 aliphatic heterocycles. The van der Waals surface area contributed by atoms with Crippen molar-refractivity contribution in [3.8, 4) is 5.75 Å². The van der Waals surface area contributed by atoms with Crippen molar-refractivity contribution in [2.24, 2.45) is 0 Å². The fourth-order valence-corrected chi connectivity index (χ4v) is 2.88. The first-order chi connectivity index (χ1) is 11.0. The maximum absolute atomic E-state index is 13.2. The molecule has 2 aromatic carbocycles. The van der Waals surface area contributed by atoms with Crippen molar-refractivity contribution in [1.29, 1.82) is 0 Å². The molecule has 0 aliphatic rings. The summed E-state index contributed by atoms with van der Waals surface area (Å²) in [5, 5.41) is 2.89. The van der Waals surface area contributed by atoms with Gasteiger partial charge in [-0.25, -0.2) is 4.39 Å². The number of benzene rings is 2. The molecule has 0 radical (unpaired) electrons. The first kappa shape index (κ1) is 17.5. The van der Waals surface area contributed by atoms with Gasteiger partial charge in [0.2, 0.25) is 5.91 Å². The highest BCUT2D eigenvalue weighted by Gasteiger charge is 2.11. The molecule has 0 aliphatic carbocycles. The van der Waals surface area contributed by atoms with Crippen molar-refractivity contribution >= 4 is 21.8 Å². The van der Waals surface area contributed by atoms with Gasteiger partial charge in [-0.3, -0.25) is 4.79 Å². The molecular formula is C18H19BrFNO2. The molecule has 2 rings (SSSR count). The summed E-state index contributed by atoms with van der Waals surface area (Å²) < 4.78 is 19.3. The monoisotopic (exact) mass is 379 g/mol. The summed E-state index contributed by atoms with van der Waals surface area (Å²) in [6.07, 6.45) is 1.00. The minimum absolute atomic E-state index is 0.0614. The van der Waals surface area contributed by atoms with Gasteiger partial charge in [-0.2, -0.15) is 0 Å². The van der Waals surface area contributed by atoms with E-state index in [0.717, 1.165) is 21.3 Å². The predicted molar refractivity (Wildman–Crippen MR) is 92.0 cm³/mol. The lowest BCUT2D eigenvalue weighted by molar-refractivity contribution is -0.121. The topological polar surface area (TPSA) is 38.3 Å². The van der Waals surface area contributed by atoms with Crippen LogP contribution in [0.2, 0.25) is 0 Å². The van der Waals surface area contributed by atoms with E-state index in [-0.39, 0.29) is 17.8 Å². The van der Waals surface area contributed by atoms with E-state index >= 15 is 0 Å². The largest absolute Gasteiger partial charge is 0.496 e. The number of halogens is 2. The predicted octanol–water partition coefficient (Wildman–Crippen LogP) is 4.41. The Morgan fingerprint density at radius 1 is 1.30 bits per heavy atom. The molecule has 0 fully saturated rings. The average molecular weight is 380 g/mol. The van der Waals surface area contributed by atoms with Gasteiger partial charge in [0, 0.05) is 6.42 Å². The number of amides is 1. The molecule has 0 unspecified atom stereocenters. The maximum Gasteiger partial charge on any atom is 0.220 e. The van der Waals surface area contributed by atoms with E-state index in [1.54, 1.807) is 19.2 Å². The minimum atomic E-state index is -0.299. The Kier molecular flexibility index (Phi) is 6.16. The molecule has 1 amide bonds. The van der Waals surface area contributed by atoms with E-state index in [1.807, 2.05) is 25.1 Å². The van der Waals surface area contributed by atoms with E-state index in [2.05, 4.69) is 21.2 Å². The Hall–Kier alpha value is -1.88. The molecule has 0 bridgehead atoms. The number of nitrogens with one attached hydrogen (secondary N) is 1. The van der Waals surface area contributed by atoms with Crippen LogP contribution >= 0.6 is 15.9 Å². The van der Waals surface area contributed by atoms with Crippen LogP contribution in [0.15, 0.2) is 46.9 Å². The van der Waals surface area contributed by atoms with Crippen molar-refractivity contribution < 1.29 is 13.9 Å². The normalized spacial score (nSPS) is 11.8. The summed E-state index contributed by atoms with van der Waals surface area (Å²) >= 11 is 3.43. The van der Waals surface area contributed by atoms with E-state index in [1.165, 1.54) is 12.1 Å². The van der Waals surface area contributed by atoms with Crippen LogP contribution in [0.4, 0.5) is 4.39 Å². The molecule has 1 atom stereocenters. The standard InChI is InChI=1S/C18H19BrFNO2/c1-12(14-4-3-5-15(20)11-14)21-18(22)9-7-13-6-8-17(23-2)16(19)10-13/h3-6,8,10-12H,7,9H2,1-2H3,(H,21,22)/t12-/m1/s1. The average Bonchev–Trinajstić information content (AvgIpc) is 2.53. The van der Waals surface area contributed by atoms with Gasteiger partial charge in [-0.05, 0) is 64.7 Å². The summed E-state index contributed by atoms with van der Waals surface area (Å²) in [6.45, 7) is 1.84. The van der Waals surface area contributed by atoms with Gasteiger partial charge in [-0.15, -0.1) is 0 Å². The molecule has 23 heavy (non-hydrogen) atoms. The number of aryl methyl sites for hydroxylation is 1. The van der Waals surface area contributed by atoms with Crippen LogP contribution in [-0.4, -0.2) is 13.0 Å². The smallest absolute Gasteiger partial charge is 0.220 e. The fraction of sp³-hybridized carbons (Fsp3) is 0.278. The second kappa shape index (κ2) is 8.11. The van der Waals surface area contributed by atoms with Crippen molar-refractivity contribution in [3.63, 3.8) is 0 Å². The highest BCUT2D eigenvalue weighted by Crippen LogP contribution is 2.26. The van der Waals surface area contributed by atoms with Gasteiger partial charge >= 0.3 is 0 Å². The molecule has 3 nitrogen and oxygen atoms in total. The third-order valence-electron chi connectivity index (χ3n) is 3.58. The van der Waals surface area contributed by atoms with Crippen LogP contribution in [0.5, 0.6) is 5.75 Å². The fourth-order valence-electron chi connectivity index (χ4n) is 2.30. The number of carbonyl (C=O) groups is 1. The second-order valence-electron chi connectivity index (χ2n) is 5.31. The van der Waals surface area contributed by atoms with Gasteiger partial charge in [0.25, 0.3) is 0 Å². The maximum atomic E-state index is 13.2. The zero-order valence-corrected chi connectivity index (χ0v) is 14.7. The Labute approximate surface area is 144 Å². The number of carbonyl (C=O) groups excluding carboxylic acids is 1. The van der Waals surface area contributed by atoms with E-state index in [0.29, 0.717) is 12.8 Å². The SMILES string of the molecule is COc1ccc(CCC(=O)N[C@H](C)c2cccc(F)c2)cc1Br. The lowest BCUT2D eigenvalue weighted by Gasteiger charge is -2.14. The Bertz CT molecular complexity index is 690. The van der Waals surface area contributed by atoms with Gasteiger partial charge in [0.05, 0.1) is 17.6 Å². The highest BCUT2D eigenvalue weighted by atomic mass is 79.9. The third-order valence-corrected chi connectivity index (χ3v) is 4.20. The quantitative estimate of drug-likeness (QED) is 0.807. The van der Waals surface area contributed by atoms with Crippen LogP contribution in [0.3, 0.4) is 0 Å². The molecule has 122 valence electrons. The number of methoxy groups -OCH3 is 1. The number of hydrogen-bond acceptors (Lipinski definition) is 2. The first-order valence-electron chi connectivity index (χ1n) is 7.37. The molecule has 0 saturated carbocycles. The van der Waals surface area contributed by atoms with Gasteiger partial charge in [0.1, 0.15) is 11.6 Å². The van der Waals surface area contributed by atoms with Crippen molar-refractivity contribution in [1.82, 2.24) is 5.32 Å². The Morgan fingerprint density at radius 3 is 2.74 bits per heavy atom. The summed E-state index contributed by atoms with van der Waals surface area (Å²) in [5.41, 5.74) is 1.80. The summed E-state index contributed by atoms with van der Waals surface area (Å²) in [7, 11) is 1.61. The molecule has 0 aromatic heterocycles. The van der Waals surface area contributed by atoms with Gasteiger partial charge in [0.15, 0.2) is 0 Å². The van der Waals surface area contributed by atoms with Gasteiger partial charge < -0.3 is 10.1 Å². The molecule has 1 N–H and O–H groups in total. The van der Waals surface area contributed by atoms with Gasteiger partial charge in [-0.1, -0.05) is 18.2 Å². The summed E-state index contributed by atoms with van der Waals surface area (Å²) in [5.74, 6) is 0.401. The van der Waals surface area contributed by atoms with Crippen LogP contribution in [0.1, 0.15) is 30.5 Å². The van der Waals surface area contributed by atoms with E-state index in [9.17, 15) is 9.18 Å². The van der Waals surface area contributed by atoms with Crippen molar-refractivity contribution in [2.45, 2.75) is 25.8 Å². The van der Waals surface area contributed by atoms with Crippen LogP contribution in [0, 0.1) is 5.82 Å². The highest BCUT2D eigenvalue weighted by molar-refractivity contribution is 9.10. The molecular weight excluding hydrogens is 361 g/mol. The molecule has 0 spiro atoms. The van der Waals surface area contributed by atoms with E-state index in [4.69, 9.17) is 4.74 Å². The van der Waals surface area contributed by atoms with Crippen molar-refractivity contribution in [3.05, 3.63) is 63.9 Å². The lowest BCUT2D eigenvalue weighted by atomic mass is 10.1. The summed E-state index contributed by atoms with van der Waals surface area (Å²) in [6, 6.07) is 11.8. The molecule has 0 heterocycles. The zero-order valence-electron chi connectivity index (χ0n) is 13.1. The lowest BCUT2D eigenvalue weighted by Crippen LogP contribution is -2.26. The number of rotatable bonds is 6. The Balaban J connectivity index is 1.88. The summed E-state index contributed by atoms with van der Waals surface area (Å²) in [4.78, 5) is 12.1. The number of ether oxygens (including phenoxy) is 1. The van der Waals surface area contributed by atoms with Crippen LogP contribution in [-0.2, 0) is 11.2 Å². The second-order valence-corrected chi connectivity index (χ2v) is 6.17. The minimum Gasteiger partial charge on any atom is -0.496 e. The van der Waals surface area contributed by atoms with Crippen molar-refractivity contribution in [2.75, 3.05) is 7.11 Å². The Morgan fingerprint density at radius 2 is 2.09 bits per heavy atom. The third kappa shape index (κ3) is 5.06. The first-order valence-corrected chi connectivity index (χ1v) is 8.16. The molecule has 0 saturated heterocycles. The van der Waals surface area contributed by atoms with Crippen LogP contribution < -0.4 is 10.1 Å². The number of hydrogen-bond donors (Lipinski definition) is 1. The van der Waals surface area contributed by atoms with Crippen LogP contribution in [0.25, 0.3) is 0 Å². The van der Waals surface area contributed by atoms with E-state index < -0.39 is 0 Å². The zero-order chi connectivity index (χ0) is 16.8. The molecule has 2 aromatic rings.